The zero-order chi connectivity index (χ0) is 12.4. The molecule has 1 aliphatic heterocycles. The molecule has 0 saturated carbocycles. The standard InChI is InChI=1S/C12H11Cl3O2/c1-2-3-10-12(17-10)6-16-11-5-8(14)7(13)4-9(11)15/h2,4-5,10,12H,1,3,6H2. The predicted octanol–water partition coefficient (Wildman–Crippen LogP) is 4.37. The molecule has 2 unspecified atom stereocenters. The maximum atomic E-state index is 5.98. The topological polar surface area (TPSA) is 21.8 Å². The summed E-state index contributed by atoms with van der Waals surface area (Å²) < 4.78 is 10.9. The van der Waals surface area contributed by atoms with Crippen molar-refractivity contribution in [3.8, 4) is 5.75 Å². The van der Waals surface area contributed by atoms with Crippen LogP contribution in [0, 0.1) is 0 Å². The average Bonchev–Trinajstić information content (AvgIpc) is 3.01. The van der Waals surface area contributed by atoms with Gasteiger partial charge in [-0.05, 0) is 12.5 Å². The van der Waals surface area contributed by atoms with Gasteiger partial charge in [-0.2, -0.15) is 0 Å². The summed E-state index contributed by atoms with van der Waals surface area (Å²) in [6.07, 6.45) is 2.99. The van der Waals surface area contributed by atoms with Crippen molar-refractivity contribution in [2.24, 2.45) is 0 Å². The number of ether oxygens (including phenoxy) is 2. The van der Waals surface area contributed by atoms with E-state index in [1.165, 1.54) is 0 Å². The normalized spacial score (nSPS) is 22.3. The number of halogens is 3. The van der Waals surface area contributed by atoms with Crippen LogP contribution in [0.2, 0.25) is 15.1 Å². The van der Waals surface area contributed by atoms with Crippen LogP contribution in [0.25, 0.3) is 0 Å². The molecule has 1 aromatic rings. The highest BCUT2D eigenvalue weighted by atomic mass is 35.5. The minimum atomic E-state index is 0.110. The van der Waals surface area contributed by atoms with Gasteiger partial charge in [-0.15, -0.1) is 6.58 Å². The number of hydrogen-bond donors (Lipinski definition) is 0. The molecular weight excluding hydrogens is 282 g/mol. The SMILES string of the molecule is C=CCC1OC1COc1cc(Cl)c(Cl)cc1Cl. The molecule has 0 aliphatic carbocycles. The molecule has 2 rings (SSSR count). The van der Waals surface area contributed by atoms with Gasteiger partial charge in [0, 0.05) is 6.07 Å². The van der Waals surface area contributed by atoms with Crippen molar-refractivity contribution >= 4 is 34.8 Å². The minimum absolute atomic E-state index is 0.110. The van der Waals surface area contributed by atoms with E-state index in [4.69, 9.17) is 44.3 Å². The molecule has 1 aromatic carbocycles. The van der Waals surface area contributed by atoms with Crippen molar-refractivity contribution in [2.45, 2.75) is 18.6 Å². The van der Waals surface area contributed by atoms with Crippen LogP contribution in [-0.4, -0.2) is 18.8 Å². The van der Waals surface area contributed by atoms with E-state index < -0.39 is 0 Å². The molecule has 1 fully saturated rings. The van der Waals surface area contributed by atoms with Crippen LogP contribution in [0.1, 0.15) is 6.42 Å². The van der Waals surface area contributed by atoms with E-state index in [2.05, 4.69) is 6.58 Å². The van der Waals surface area contributed by atoms with E-state index in [1.54, 1.807) is 12.1 Å². The van der Waals surface area contributed by atoms with Crippen molar-refractivity contribution in [2.75, 3.05) is 6.61 Å². The molecular formula is C12H11Cl3O2. The Morgan fingerprint density at radius 3 is 2.59 bits per heavy atom. The van der Waals surface area contributed by atoms with Crippen molar-refractivity contribution in [3.63, 3.8) is 0 Å². The Morgan fingerprint density at radius 2 is 1.88 bits per heavy atom. The third-order valence-electron chi connectivity index (χ3n) is 2.46. The second-order valence-electron chi connectivity index (χ2n) is 3.75. The fraction of sp³-hybridized carbons (Fsp3) is 0.333. The molecule has 0 spiro atoms. The first kappa shape index (κ1) is 13.0. The van der Waals surface area contributed by atoms with Crippen LogP contribution >= 0.6 is 34.8 Å². The Morgan fingerprint density at radius 1 is 1.18 bits per heavy atom. The van der Waals surface area contributed by atoms with Crippen LogP contribution in [0.3, 0.4) is 0 Å². The van der Waals surface area contributed by atoms with Gasteiger partial charge >= 0.3 is 0 Å². The Labute approximate surface area is 115 Å². The van der Waals surface area contributed by atoms with Crippen LogP contribution in [-0.2, 0) is 4.74 Å². The summed E-state index contributed by atoms with van der Waals surface area (Å²) in [4.78, 5) is 0. The molecule has 0 radical (unpaired) electrons. The lowest BCUT2D eigenvalue weighted by Gasteiger charge is -2.07. The molecule has 0 N–H and O–H groups in total. The molecule has 2 nitrogen and oxygen atoms in total. The fourth-order valence-corrected chi connectivity index (χ4v) is 2.08. The molecule has 1 aliphatic rings. The van der Waals surface area contributed by atoms with E-state index in [0.29, 0.717) is 27.4 Å². The summed E-state index contributed by atoms with van der Waals surface area (Å²) >= 11 is 17.7. The Kier molecular flexibility index (Phi) is 4.21. The molecule has 17 heavy (non-hydrogen) atoms. The van der Waals surface area contributed by atoms with Crippen molar-refractivity contribution in [3.05, 3.63) is 39.9 Å². The molecule has 2 atom stereocenters. The minimum Gasteiger partial charge on any atom is -0.489 e. The maximum Gasteiger partial charge on any atom is 0.139 e. The van der Waals surface area contributed by atoms with Gasteiger partial charge in [-0.3, -0.25) is 0 Å². The van der Waals surface area contributed by atoms with Gasteiger partial charge in [-0.25, -0.2) is 0 Å². The lowest BCUT2D eigenvalue weighted by atomic mass is 10.2. The van der Waals surface area contributed by atoms with E-state index in [0.717, 1.165) is 6.42 Å². The van der Waals surface area contributed by atoms with Crippen LogP contribution in [0.5, 0.6) is 5.75 Å². The second-order valence-corrected chi connectivity index (χ2v) is 4.97. The zero-order valence-corrected chi connectivity index (χ0v) is 11.2. The molecule has 0 amide bonds. The monoisotopic (exact) mass is 292 g/mol. The lowest BCUT2D eigenvalue weighted by Crippen LogP contribution is -2.07. The summed E-state index contributed by atoms with van der Waals surface area (Å²) in [6, 6.07) is 3.17. The van der Waals surface area contributed by atoms with Gasteiger partial charge in [0.25, 0.3) is 0 Å². The second kappa shape index (κ2) is 5.49. The molecule has 0 bridgehead atoms. The fourth-order valence-electron chi connectivity index (χ4n) is 1.48. The summed E-state index contributed by atoms with van der Waals surface area (Å²) in [5, 5.41) is 1.28. The highest BCUT2D eigenvalue weighted by Crippen LogP contribution is 2.35. The zero-order valence-electron chi connectivity index (χ0n) is 8.96. The maximum absolute atomic E-state index is 5.98. The third-order valence-corrected chi connectivity index (χ3v) is 3.48. The van der Waals surface area contributed by atoms with E-state index >= 15 is 0 Å². The van der Waals surface area contributed by atoms with Gasteiger partial charge < -0.3 is 9.47 Å². The van der Waals surface area contributed by atoms with E-state index in [9.17, 15) is 0 Å². The first-order chi connectivity index (χ1) is 8.11. The Bertz CT molecular complexity index is 434. The molecule has 0 aromatic heterocycles. The van der Waals surface area contributed by atoms with E-state index in [1.807, 2.05) is 6.08 Å². The number of benzene rings is 1. The van der Waals surface area contributed by atoms with Gasteiger partial charge in [-0.1, -0.05) is 40.9 Å². The van der Waals surface area contributed by atoms with Gasteiger partial charge in [0.2, 0.25) is 0 Å². The smallest absolute Gasteiger partial charge is 0.139 e. The largest absolute Gasteiger partial charge is 0.489 e. The average molecular weight is 294 g/mol. The number of epoxide rings is 1. The summed E-state index contributed by atoms with van der Waals surface area (Å²) in [6.45, 7) is 4.11. The quantitative estimate of drug-likeness (QED) is 0.457. The van der Waals surface area contributed by atoms with Crippen LogP contribution in [0.4, 0.5) is 0 Å². The lowest BCUT2D eigenvalue weighted by molar-refractivity contribution is 0.260. The van der Waals surface area contributed by atoms with Gasteiger partial charge in [0.05, 0.1) is 21.2 Å². The Hall–Kier alpha value is -0.410. The molecule has 1 heterocycles. The highest BCUT2D eigenvalue weighted by molar-refractivity contribution is 6.43. The van der Waals surface area contributed by atoms with Crippen molar-refractivity contribution < 1.29 is 9.47 Å². The first-order valence-electron chi connectivity index (χ1n) is 5.15. The Balaban J connectivity index is 1.91. The number of hydrogen-bond acceptors (Lipinski definition) is 2. The van der Waals surface area contributed by atoms with Gasteiger partial charge in [0.1, 0.15) is 18.5 Å². The van der Waals surface area contributed by atoms with Crippen LogP contribution < -0.4 is 4.74 Å². The number of rotatable bonds is 5. The third kappa shape index (κ3) is 3.29. The highest BCUT2D eigenvalue weighted by Gasteiger charge is 2.38. The first-order valence-corrected chi connectivity index (χ1v) is 6.29. The molecule has 92 valence electrons. The predicted molar refractivity (Wildman–Crippen MR) is 70.4 cm³/mol. The summed E-state index contributed by atoms with van der Waals surface area (Å²) in [5.74, 6) is 0.522. The van der Waals surface area contributed by atoms with E-state index in [-0.39, 0.29) is 12.2 Å². The summed E-state index contributed by atoms with van der Waals surface area (Å²) in [7, 11) is 0. The van der Waals surface area contributed by atoms with Gasteiger partial charge in [0.15, 0.2) is 0 Å². The molecule has 5 heteroatoms. The van der Waals surface area contributed by atoms with Crippen molar-refractivity contribution in [1.29, 1.82) is 0 Å². The van der Waals surface area contributed by atoms with Crippen LogP contribution in [0.15, 0.2) is 24.8 Å². The van der Waals surface area contributed by atoms with Crippen molar-refractivity contribution in [1.82, 2.24) is 0 Å². The summed E-state index contributed by atoms with van der Waals surface area (Å²) in [5.41, 5.74) is 0. The molecule has 1 saturated heterocycles.